The molecule has 1 aliphatic rings. The van der Waals surface area contributed by atoms with Gasteiger partial charge in [-0.3, -0.25) is 9.69 Å². The summed E-state index contributed by atoms with van der Waals surface area (Å²) in [5, 5.41) is 0. The third-order valence-electron chi connectivity index (χ3n) is 5.25. The molecule has 1 atom stereocenters. The number of nitrogens with zero attached hydrogens (tertiary/aromatic N) is 2. The number of anilines is 1. The molecule has 3 rings (SSSR count). The third-order valence-corrected chi connectivity index (χ3v) is 6.38. The summed E-state index contributed by atoms with van der Waals surface area (Å²) in [4.78, 5) is 17.1. The second kappa shape index (κ2) is 7.82. The highest BCUT2D eigenvalue weighted by Gasteiger charge is 2.24. The van der Waals surface area contributed by atoms with E-state index in [2.05, 4.69) is 6.07 Å². The van der Waals surface area contributed by atoms with E-state index in [1.165, 1.54) is 11.8 Å². The summed E-state index contributed by atoms with van der Waals surface area (Å²) < 4.78 is 23.2. The average molecular weight is 387 g/mol. The minimum atomic E-state index is -3.20. The average Bonchev–Trinajstić information content (AvgIpc) is 2.66. The van der Waals surface area contributed by atoms with E-state index in [0.717, 1.165) is 30.6 Å². The lowest BCUT2D eigenvalue weighted by Gasteiger charge is -2.32. The Morgan fingerprint density at radius 2 is 1.81 bits per heavy atom. The van der Waals surface area contributed by atoms with Crippen LogP contribution in [-0.2, 0) is 21.1 Å². The number of sulfone groups is 1. The first-order valence-corrected chi connectivity index (χ1v) is 11.0. The van der Waals surface area contributed by atoms with Crippen LogP contribution in [0.25, 0.3) is 0 Å². The Balaban J connectivity index is 1.70. The zero-order chi connectivity index (χ0) is 19.6. The molecule has 0 radical (unpaired) electrons. The topological polar surface area (TPSA) is 57.7 Å². The van der Waals surface area contributed by atoms with Gasteiger partial charge in [0.25, 0.3) is 0 Å². The lowest BCUT2D eigenvalue weighted by molar-refractivity contribution is -0.120. The Kier molecular flexibility index (Phi) is 5.67. The number of hydrogen-bond donors (Lipinski definition) is 0. The molecular weight excluding hydrogens is 360 g/mol. The van der Waals surface area contributed by atoms with Crippen LogP contribution < -0.4 is 4.90 Å². The number of benzene rings is 2. The van der Waals surface area contributed by atoms with E-state index in [4.69, 9.17) is 0 Å². The van der Waals surface area contributed by atoms with Crippen molar-refractivity contribution >= 4 is 21.4 Å². The number of carbonyl (C=O) groups excluding carboxylic acids is 1. The van der Waals surface area contributed by atoms with Crippen LogP contribution in [0.3, 0.4) is 0 Å². The molecule has 144 valence electrons. The Morgan fingerprint density at radius 3 is 2.48 bits per heavy atom. The monoisotopic (exact) mass is 386 g/mol. The third kappa shape index (κ3) is 4.39. The van der Waals surface area contributed by atoms with Crippen LogP contribution in [0.15, 0.2) is 53.4 Å². The van der Waals surface area contributed by atoms with Crippen LogP contribution in [0.1, 0.15) is 30.5 Å². The van der Waals surface area contributed by atoms with Gasteiger partial charge in [-0.25, -0.2) is 8.42 Å². The maximum Gasteiger partial charge on any atom is 0.241 e. The summed E-state index contributed by atoms with van der Waals surface area (Å²) in [5.74, 6) is 0.0873. The largest absolute Gasteiger partial charge is 0.311 e. The molecule has 2 aromatic rings. The van der Waals surface area contributed by atoms with Gasteiger partial charge < -0.3 is 4.90 Å². The Morgan fingerprint density at radius 1 is 1.15 bits per heavy atom. The zero-order valence-corrected chi connectivity index (χ0v) is 16.9. The fourth-order valence-electron chi connectivity index (χ4n) is 3.48. The van der Waals surface area contributed by atoms with Crippen LogP contribution in [0.5, 0.6) is 0 Å². The number of amides is 1. The lowest BCUT2D eigenvalue weighted by atomic mass is 10.0. The van der Waals surface area contributed by atoms with E-state index in [9.17, 15) is 13.2 Å². The van der Waals surface area contributed by atoms with Gasteiger partial charge in [-0.2, -0.15) is 0 Å². The van der Waals surface area contributed by atoms with Crippen molar-refractivity contribution in [2.24, 2.45) is 0 Å². The van der Waals surface area contributed by atoms with Gasteiger partial charge in [0, 0.05) is 24.5 Å². The molecule has 2 aromatic carbocycles. The van der Waals surface area contributed by atoms with Gasteiger partial charge >= 0.3 is 0 Å². The number of para-hydroxylation sites is 1. The van der Waals surface area contributed by atoms with E-state index in [-0.39, 0.29) is 11.9 Å². The molecule has 0 N–H and O–H groups in total. The molecule has 27 heavy (non-hydrogen) atoms. The minimum absolute atomic E-state index is 0.00240. The number of likely N-dealkylation sites (N-methyl/N-ethyl adjacent to an activating group) is 1. The Hall–Kier alpha value is -2.18. The van der Waals surface area contributed by atoms with Gasteiger partial charge in [0.05, 0.1) is 11.4 Å². The molecular formula is C21H26N2O3S. The van der Waals surface area contributed by atoms with Crippen molar-refractivity contribution < 1.29 is 13.2 Å². The zero-order valence-electron chi connectivity index (χ0n) is 16.1. The Labute approximate surface area is 161 Å². The van der Waals surface area contributed by atoms with E-state index in [1.807, 2.05) is 54.1 Å². The van der Waals surface area contributed by atoms with Crippen molar-refractivity contribution in [2.75, 3.05) is 31.3 Å². The molecule has 0 saturated carbocycles. The van der Waals surface area contributed by atoms with Crippen molar-refractivity contribution in [3.05, 3.63) is 59.7 Å². The summed E-state index contributed by atoms with van der Waals surface area (Å²) in [6, 6.07) is 15.0. The van der Waals surface area contributed by atoms with Gasteiger partial charge in [-0.15, -0.1) is 0 Å². The normalized spacial score (nSPS) is 15.5. The van der Waals surface area contributed by atoms with Crippen molar-refractivity contribution in [1.29, 1.82) is 0 Å². The summed E-state index contributed by atoms with van der Waals surface area (Å²) in [6.07, 6.45) is 3.19. The number of aryl methyl sites for hydroxylation is 1. The van der Waals surface area contributed by atoms with Crippen molar-refractivity contribution in [2.45, 2.75) is 30.7 Å². The first-order chi connectivity index (χ1) is 12.8. The molecule has 1 unspecified atom stereocenters. The predicted molar refractivity (Wildman–Crippen MR) is 108 cm³/mol. The number of rotatable bonds is 5. The van der Waals surface area contributed by atoms with Gasteiger partial charge in [-0.1, -0.05) is 30.3 Å². The van der Waals surface area contributed by atoms with E-state index in [0.29, 0.717) is 11.4 Å². The highest BCUT2D eigenvalue weighted by atomic mass is 32.2. The molecule has 0 fully saturated rings. The van der Waals surface area contributed by atoms with Crippen LogP contribution in [-0.4, -0.2) is 45.6 Å². The molecule has 5 nitrogen and oxygen atoms in total. The lowest BCUT2D eigenvalue weighted by Crippen LogP contribution is -2.42. The smallest absolute Gasteiger partial charge is 0.241 e. The van der Waals surface area contributed by atoms with Gasteiger partial charge in [-0.05, 0) is 56.1 Å². The standard InChI is InChI=1S/C21H26N2O3S/c1-16(17-10-12-19(13-11-17)27(3,25)26)22(2)15-21(24)23-14-6-8-18-7-4-5-9-20(18)23/h4-5,7,9-13,16H,6,8,14-15H2,1-3H3. The molecule has 0 aliphatic carbocycles. The molecule has 0 saturated heterocycles. The second-order valence-corrected chi connectivity index (χ2v) is 9.23. The summed E-state index contributed by atoms with van der Waals surface area (Å²) in [5.41, 5.74) is 3.23. The predicted octanol–water partition coefficient (Wildman–Crippen LogP) is 3.06. The van der Waals surface area contributed by atoms with Gasteiger partial charge in [0.2, 0.25) is 5.91 Å². The van der Waals surface area contributed by atoms with E-state index >= 15 is 0 Å². The maximum absolute atomic E-state index is 12.9. The highest BCUT2D eigenvalue weighted by molar-refractivity contribution is 7.90. The van der Waals surface area contributed by atoms with Crippen LogP contribution >= 0.6 is 0 Å². The number of carbonyl (C=O) groups is 1. The molecule has 1 aliphatic heterocycles. The van der Waals surface area contributed by atoms with Gasteiger partial charge in [0.1, 0.15) is 0 Å². The molecule has 0 spiro atoms. The Bertz CT molecular complexity index is 923. The van der Waals surface area contributed by atoms with E-state index in [1.54, 1.807) is 12.1 Å². The van der Waals surface area contributed by atoms with Crippen molar-refractivity contribution in [3.63, 3.8) is 0 Å². The van der Waals surface area contributed by atoms with Crippen LogP contribution in [0.4, 0.5) is 5.69 Å². The molecule has 6 heteroatoms. The van der Waals surface area contributed by atoms with Crippen LogP contribution in [0, 0.1) is 0 Å². The fraction of sp³-hybridized carbons (Fsp3) is 0.381. The van der Waals surface area contributed by atoms with Crippen molar-refractivity contribution in [1.82, 2.24) is 4.90 Å². The molecule has 1 heterocycles. The molecule has 1 amide bonds. The second-order valence-electron chi connectivity index (χ2n) is 7.21. The first kappa shape index (κ1) is 19.6. The molecule has 0 aromatic heterocycles. The highest BCUT2D eigenvalue weighted by Crippen LogP contribution is 2.27. The SMILES string of the molecule is CC(c1ccc(S(C)(=O)=O)cc1)N(C)CC(=O)N1CCCc2ccccc21. The maximum atomic E-state index is 12.9. The first-order valence-electron chi connectivity index (χ1n) is 9.16. The van der Waals surface area contributed by atoms with Gasteiger partial charge in [0.15, 0.2) is 9.84 Å². The van der Waals surface area contributed by atoms with E-state index < -0.39 is 9.84 Å². The summed E-state index contributed by atoms with van der Waals surface area (Å²) >= 11 is 0. The van der Waals surface area contributed by atoms with Crippen molar-refractivity contribution in [3.8, 4) is 0 Å². The summed E-state index contributed by atoms with van der Waals surface area (Å²) in [6.45, 7) is 3.08. The van der Waals surface area contributed by atoms with Crippen LogP contribution in [0.2, 0.25) is 0 Å². The fourth-order valence-corrected chi connectivity index (χ4v) is 4.11. The molecule has 0 bridgehead atoms. The summed E-state index contributed by atoms with van der Waals surface area (Å²) in [7, 11) is -1.28. The number of fused-ring (bicyclic) bond motifs is 1. The quantitative estimate of drug-likeness (QED) is 0.792. The minimum Gasteiger partial charge on any atom is -0.311 e. The number of hydrogen-bond acceptors (Lipinski definition) is 4.